The molecule has 3 heterocycles. The largest absolute Gasteiger partial charge is 0.465 e. The first-order valence-electron chi connectivity index (χ1n) is 9.89. The smallest absolute Gasteiger partial charge is 0.407 e. The van der Waals surface area contributed by atoms with Gasteiger partial charge in [-0.15, -0.1) is 0 Å². The molecule has 1 atom stereocenters. The van der Waals surface area contributed by atoms with E-state index in [9.17, 15) is 4.79 Å². The highest BCUT2D eigenvalue weighted by Crippen LogP contribution is 2.47. The number of benzene rings is 1. The van der Waals surface area contributed by atoms with E-state index in [-0.39, 0.29) is 0 Å². The number of aryl methyl sites for hydroxylation is 2. The van der Waals surface area contributed by atoms with Crippen LogP contribution in [0.5, 0.6) is 0 Å². The van der Waals surface area contributed by atoms with E-state index < -0.39 is 6.09 Å². The minimum absolute atomic E-state index is 0.348. The summed E-state index contributed by atoms with van der Waals surface area (Å²) < 4.78 is 1.96. The van der Waals surface area contributed by atoms with Crippen LogP contribution in [-0.4, -0.2) is 57.0 Å². The Morgan fingerprint density at radius 3 is 2.70 bits per heavy atom. The molecule has 1 aliphatic carbocycles. The van der Waals surface area contributed by atoms with E-state index in [1.54, 1.807) is 4.90 Å². The topological polar surface area (TPSA) is 61.6 Å². The third-order valence-electron chi connectivity index (χ3n) is 6.76. The van der Waals surface area contributed by atoms with Crippen molar-refractivity contribution in [1.29, 1.82) is 0 Å². The van der Waals surface area contributed by atoms with E-state index in [0.29, 0.717) is 24.5 Å². The summed E-state index contributed by atoms with van der Waals surface area (Å²) in [5, 5.41) is 13.6. The van der Waals surface area contributed by atoms with E-state index in [1.165, 1.54) is 23.1 Å². The molecule has 2 saturated heterocycles. The van der Waals surface area contributed by atoms with Crippen molar-refractivity contribution < 1.29 is 9.90 Å². The summed E-state index contributed by atoms with van der Waals surface area (Å²) in [5.41, 5.74) is 5.59. The van der Waals surface area contributed by atoms with Crippen molar-refractivity contribution >= 4 is 6.09 Å². The number of nitrogens with zero attached hydrogens (tertiary/aromatic N) is 4. The zero-order valence-electron chi connectivity index (χ0n) is 15.8. The van der Waals surface area contributed by atoms with Crippen LogP contribution < -0.4 is 0 Å². The van der Waals surface area contributed by atoms with Crippen molar-refractivity contribution in [3.05, 3.63) is 47.3 Å². The molecule has 0 unspecified atom stereocenters. The number of aromatic nitrogens is 2. The highest BCUT2D eigenvalue weighted by molar-refractivity contribution is 5.65. The summed E-state index contributed by atoms with van der Waals surface area (Å²) >= 11 is 0. The molecule has 1 N–H and O–H groups in total. The second-order valence-electron chi connectivity index (χ2n) is 8.57. The second kappa shape index (κ2) is 6.09. The molecule has 1 aromatic carbocycles. The Hall–Kier alpha value is -2.34. The highest BCUT2D eigenvalue weighted by Gasteiger charge is 2.48. The average molecular weight is 366 g/mol. The molecule has 6 heteroatoms. The molecule has 2 aliphatic heterocycles. The van der Waals surface area contributed by atoms with E-state index in [2.05, 4.69) is 41.3 Å². The van der Waals surface area contributed by atoms with Crippen molar-refractivity contribution in [2.45, 2.75) is 38.6 Å². The fraction of sp³-hybridized carbons (Fsp3) is 0.524. The Morgan fingerprint density at radius 1 is 1.26 bits per heavy atom. The van der Waals surface area contributed by atoms with Crippen LogP contribution in [0.4, 0.5) is 4.79 Å². The van der Waals surface area contributed by atoms with Gasteiger partial charge in [0.1, 0.15) is 0 Å². The van der Waals surface area contributed by atoms with Crippen molar-refractivity contribution in [1.82, 2.24) is 19.6 Å². The Balaban J connectivity index is 1.27. The van der Waals surface area contributed by atoms with Gasteiger partial charge in [0, 0.05) is 38.4 Å². The quantitative estimate of drug-likeness (QED) is 0.886. The molecule has 1 aromatic heterocycles. The van der Waals surface area contributed by atoms with Gasteiger partial charge < -0.3 is 10.0 Å². The van der Waals surface area contributed by atoms with E-state index in [4.69, 9.17) is 5.11 Å². The third kappa shape index (κ3) is 2.83. The first kappa shape index (κ1) is 16.8. The van der Waals surface area contributed by atoms with Crippen LogP contribution in [0.2, 0.25) is 0 Å². The maximum atomic E-state index is 11.1. The number of carboxylic acid groups (broad SMARTS) is 1. The number of hydrogen-bond donors (Lipinski definition) is 1. The molecule has 0 bridgehead atoms. The van der Waals surface area contributed by atoms with Gasteiger partial charge in [-0.1, -0.05) is 6.07 Å². The number of hydrogen-bond acceptors (Lipinski definition) is 3. The normalized spacial score (nSPS) is 24.0. The lowest BCUT2D eigenvalue weighted by Crippen LogP contribution is -2.61. The fourth-order valence-corrected chi connectivity index (χ4v) is 5.18. The van der Waals surface area contributed by atoms with Gasteiger partial charge in [-0.3, -0.25) is 4.90 Å². The number of piperidine rings is 1. The van der Waals surface area contributed by atoms with Crippen LogP contribution in [0.3, 0.4) is 0 Å². The molecular formula is C21H26N4O2. The number of amides is 1. The van der Waals surface area contributed by atoms with E-state index in [0.717, 1.165) is 38.0 Å². The maximum absolute atomic E-state index is 11.1. The second-order valence-corrected chi connectivity index (χ2v) is 8.57. The van der Waals surface area contributed by atoms with Crippen molar-refractivity contribution in [2.75, 3.05) is 26.2 Å². The van der Waals surface area contributed by atoms with Crippen LogP contribution in [0, 0.1) is 12.3 Å². The van der Waals surface area contributed by atoms with Crippen LogP contribution >= 0.6 is 0 Å². The van der Waals surface area contributed by atoms with Gasteiger partial charge >= 0.3 is 6.09 Å². The van der Waals surface area contributed by atoms with Gasteiger partial charge in [0.05, 0.1) is 11.9 Å². The monoisotopic (exact) mass is 366 g/mol. The molecule has 3 aliphatic rings. The van der Waals surface area contributed by atoms with Crippen LogP contribution in [-0.2, 0) is 6.42 Å². The minimum Gasteiger partial charge on any atom is -0.465 e. The molecule has 0 saturated carbocycles. The lowest BCUT2D eigenvalue weighted by Gasteiger charge is -2.56. The standard InChI is InChI=1S/C21H26N4O2/c1-15-11-22-25(12-15)17-3-4-18-16(10-17)2-5-19(18)24-13-21(14-24)6-8-23(9-7-21)20(26)27/h3-4,10-12,19H,2,5-9,13-14H2,1H3,(H,26,27)/t19-/m1/s1. The lowest BCUT2D eigenvalue weighted by atomic mass is 9.71. The fourth-order valence-electron chi connectivity index (χ4n) is 5.18. The summed E-state index contributed by atoms with van der Waals surface area (Å²) in [6.07, 6.45) is 7.52. The van der Waals surface area contributed by atoms with Gasteiger partial charge in [0.2, 0.25) is 0 Å². The summed E-state index contributed by atoms with van der Waals surface area (Å²) in [7, 11) is 0. The van der Waals surface area contributed by atoms with Crippen molar-refractivity contribution in [3.63, 3.8) is 0 Å². The van der Waals surface area contributed by atoms with Gasteiger partial charge in [-0.05, 0) is 66.8 Å². The molecule has 142 valence electrons. The molecule has 27 heavy (non-hydrogen) atoms. The molecular weight excluding hydrogens is 340 g/mol. The van der Waals surface area contributed by atoms with Gasteiger partial charge in [-0.25, -0.2) is 9.48 Å². The summed E-state index contributed by atoms with van der Waals surface area (Å²) in [4.78, 5) is 15.3. The molecule has 0 radical (unpaired) electrons. The zero-order valence-corrected chi connectivity index (χ0v) is 15.8. The highest BCUT2D eigenvalue weighted by atomic mass is 16.4. The Bertz CT molecular complexity index is 874. The SMILES string of the molecule is Cc1cnn(-c2ccc3c(c2)CC[C@H]3N2CC3(CCN(C(=O)O)CC3)C2)c1. The maximum Gasteiger partial charge on any atom is 0.407 e. The van der Waals surface area contributed by atoms with Gasteiger partial charge in [-0.2, -0.15) is 5.10 Å². The van der Waals surface area contributed by atoms with Gasteiger partial charge in [0.15, 0.2) is 0 Å². The van der Waals surface area contributed by atoms with Crippen LogP contribution in [0.15, 0.2) is 30.6 Å². The average Bonchev–Trinajstić information content (AvgIpc) is 3.25. The number of carbonyl (C=O) groups is 1. The number of likely N-dealkylation sites (tertiary alicyclic amines) is 2. The summed E-state index contributed by atoms with van der Waals surface area (Å²) in [6, 6.07) is 7.29. The lowest BCUT2D eigenvalue weighted by molar-refractivity contribution is -0.0664. The molecule has 1 spiro atoms. The van der Waals surface area contributed by atoms with E-state index in [1.807, 2.05) is 10.9 Å². The predicted molar refractivity (Wildman–Crippen MR) is 102 cm³/mol. The van der Waals surface area contributed by atoms with Crippen molar-refractivity contribution in [2.24, 2.45) is 5.41 Å². The molecule has 2 aromatic rings. The first-order chi connectivity index (χ1) is 13.0. The molecule has 5 rings (SSSR count). The minimum atomic E-state index is -0.770. The third-order valence-corrected chi connectivity index (χ3v) is 6.76. The molecule has 2 fully saturated rings. The van der Waals surface area contributed by atoms with Crippen LogP contribution in [0.1, 0.15) is 42.0 Å². The van der Waals surface area contributed by atoms with Gasteiger partial charge in [0.25, 0.3) is 0 Å². The van der Waals surface area contributed by atoms with E-state index >= 15 is 0 Å². The zero-order chi connectivity index (χ0) is 18.6. The predicted octanol–water partition coefficient (Wildman–Crippen LogP) is 3.24. The summed E-state index contributed by atoms with van der Waals surface area (Å²) in [6.45, 7) is 5.68. The molecule has 6 nitrogen and oxygen atoms in total. The van der Waals surface area contributed by atoms with Crippen molar-refractivity contribution in [3.8, 4) is 5.69 Å². The summed E-state index contributed by atoms with van der Waals surface area (Å²) in [5.74, 6) is 0. The first-order valence-corrected chi connectivity index (χ1v) is 9.89. The number of fused-ring (bicyclic) bond motifs is 1. The van der Waals surface area contributed by atoms with Crippen LogP contribution in [0.25, 0.3) is 5.69 Å². The Kier molecular flexibility index (Phi) is 3.79. The number of rotatable bonds is 2. The Labute approximate surface area is 159 Å². The Morgan fingerprint density at radius 2 is 2.04 bits per heavy atom. The molecule has 1 amide bonds.